The zero-order chi connectivity index (χ0) is 17.9. The highest BCUT2D eigenvalue weighted by atomic mass is 16.6. The van der Waals surface area contributed by atoms with Crippen LogP contribution < -0.4 is 0 Å². The molecule has 1 aliphatic heterocycles. The van der Waals surface area contributed by atoms with Crippen molar-refractivity contribution in [3.8, 4) is 0 Å². The molecule has 5 nitrogen and oxygen atoms in total. The summed E-state index contributed by atoms with van der Waals surface area (Å²) in [5.74, 6) is 0. The second kappa shape index (κ2) is 7.45. The van der Waals surface area contributed by atoms with Crippen molar-refractivity contribution in [1.82, 2.24) is 4.90 Å². The SMILES string of the molecule is CC1=[N+](C(=O)OC(C)(C)C)CCN(CC(O)c2ccccc2C)C1. The molecule has 0 spiro atoms. The molecular weight excluding hydrogens is 304 g/mol. The summed E-state index contributed by atoms with van der Waals surface area (Å²) in [5, 5.41) is 10.5. The Morgan fingerprint density at radius 1 is 1.33 bits per heavy atom. The lowest BCUT2D eigenvalue weighted by Crippen LogP contribution is -2.48. The van der Waals surface area contributed by atoms with Gasteiger partial charge in [0, 0.05) is 13.5 Å². The molecule has 1 unspecified atom stereocenters. The van der Waals surface area contributed by atoms with Crippen molar-refractivity contribution in [3.63, 3.8) is 0 Å². The van der Waals surface area contributed by atoms with Crippen molar-refractivity contribution >= 4 is 11.8 Å². The molecule has 132 valence electrons. The summed E-state index contributed by atoms with van der Waals surface area (Å²) >= 11 is 0. The van der Waals surface area contributed by atoms with Gasteiger partial charge in [-0.05, 0) is 38.8 Å². The van der Waals surface area contributed by atoms with Crippen LogP contribution in [-0.4, -0.2) is 58.2 Å². The Bertz CT molecular complexity index is 632. The van der Waals surface area contributed by atoms with Crippen LogP contribution in [0.5, 0.6) is 0 Å². The average Bonchev–Trinajstić information content (AvgIpc) is 2.45. The highest BCUT2D eigenvalue weighted by molar-refractivity contribution is 5.83. The number of rotatable bonds is 3. The minimum Gasteiger partial charge on any atom is -0.406 e. The maximum absolute atomic E-state index is 12.2. The first-order valence-electron chi connectivity index (χ1n) is 8.46. The van der Waals surface area contributed by atoms with Gasteiger partial charge in [0.25, 0.3) is 0 Å². The average molecular weight is 333 g/mol. The van der Waals surface area contributed by atoms with E-state index < -0.39 is 11.7 Å². The lowest BCUT2D eigenvalue weighted by molar-refractivity contribution is -0.458. The highest BCUT2D eigenvalue weighted by Gasteiger charge is 2.33. The van der Waals surface area contributed by atoms with Crippen molar-refractivity contribution < 1.29 is 19.2 Å². The van der Waals surface area contributed by atoms with Crippen LogP contribution in [0.4, 0.5) is 4.79 Å². The number of hydrogen-bond donors (Lipinski definition) is 1. The summed E-state index contributed by atoms with van der Waals surface area (Å²) in [7, 11) is 0. The predicted octanol–water partition coefficient (Wildman–Crippen LogP) is 2.75. The van der Waals surface area contributed by atoms with E-state index in [2.05, 4.69) is 4.90 Å². The Hall–Kier alpha value is -1.72. The Morgan fingerprint density at radius 3 is 2.58 bits per heavy atom. The van der Waals surface area contributed by atoms with Gasteiger partial charge < -0.3 is 9.84 Å². The summed E-state index contributed by atoms with van der Waals surface area (Å²) in [6.45, 7) is 12.1. The zero-order valence-electron chi connectivity index (χ0n) is 15.4. The lowest BCUT2D eigenvalue weighted by Gasteiger charge is -2.28. The third-order valence-corrected chi connectivity index (χ3v) is 4.15. The van der Waals surface area contributed by atoms with Gasteiger partial charge in [-0.15, -0.1) is 4.58 Å². The molecule has 0 aliphatic carbocycles. The van der Waals surface area contributed by atoms with Crippen molar-refractivity contribution in [3.05, 3.63) is 35.4 Å². The van der Waals surface area contributed by atoms with Crippen LogP contribution in [0.15, 0.2) is 24.3 Å². The maximum atomic E-state index is 12.2. The number of amides is 1. The van der Waals surface area contributed by atoms with E-state index in [1.807, 2.05) is 58.9 Å². The van der Waals surface area contributed by atoms with Gasteiger partial charge in [-0.25, -0.2) is 0 Å². The first-order valence-corrected chi connectivity index (χ1v) is 8.46. The summed E-state index contributed by atoms with van der Waals surface area (Å²) in [4.78, 5) is 14.4. The van der Waals surface area contributed by atoms with E-state index in [4.69, 9.17) is 4.74 Å². The van der Waals surface area contributed by atoms with Crippen molar-refractivity contribution in [2.24, 2.45) is 0 Å². The molecule has 24 heavy (non-hydrogen) atoms. The number of benzene rings is 1. The number of β-amino-alcohol motifs (C(OH)–C–C–N with tert-alkyl or cyclic N) is 1. The maximum Gasteiger partial charge on any atom is 0.596 e. The lowest BCUT2D eigenvalue weighted by atomic mass is 10.0. The monoisotopic (exact) mass is 333 g/mol. The van der Waals surface area contributed by atoms with Crippen LogP contribution >= 0.6 is 0 Å². The fraction of sp³-hybridized carbons (Fsp3) is 0.579. The van der Waals surface area contributed by atoms with E-state index in [-0.39, 0.29) is 6.09 Å². The molecule has 2 rings (SSSR count). The van der Waals surface area contributed by atoms with Crippen LogP contribution in [0.25, 0.3) is 0 Å². The van der Waals surface area contributed by atoms with Gasteiger partial charge in [0.15, 0.2) is 12.3 Å². The van der Waals surface area contributed by atoms with E-state index >= 15 is 0 Å². The molecule has 0 bridgehead atoms. The van der Waals surface area contributed by atoms with Crippen molar-refractivity contribution in [1.29, 1.82) is 0 Å². The number of carbonyl (C=O) groups excluding carboxylic acids is 1. The highest BCUT2D eigenvalue weighted by Crippen LogP contribution is 2.19. The summed E-state index contributed by atoms with van der Waals surface area (Å²) in [6, 6.07) is 7.90. The largest absolute Gasteiger partial charge is 0.596 e. The van der Waals surface area contributed by atoms with Crippen LogP contribution in [0.3, 0.4) is 0 Å². The summed E-state index contributed by atoms with van der Waals surface area (Å²) < 4.78 is 7.14. The third-order valence-electron chi connectivity index (χ3n) is 4.15. The van der Waals surface area contributed by atoms with Crippen LogP contribution in [0, 0.1) is 6.92 Å². The third kappa shape index (κ3) is 4.89. The second-order valence-electron chi connectivity index (χ2n) is 7.47. The molecule has 0 saturated heterocycles. The van der Waals surface area contributed by atoms with Gasteiger partial charge in [-0.3, -0.25) is 4.90 Å². The smallest absolute Gasteiger partial charge is 0.406 e. The van der Waals surface area contributed by atoms with E-state index in [0.717, 1.165) is 23.4 Å². The van der Waals surface area contributed by atoms with E-state index in [1.54, 1.807) is 4.58 Å². The van der Waals surface area contributed by atoms with Gasteiger partial charge in [0.2, 0.25) is 0 Å². The fourth-order valence-electron chi connectivity index (χ4n) is 2.94. The van der Waals surface area contributed by atoms with Gasteiger partial charge in [-0.2, -0.15) is 4.79 Å². The molecule has 1 aromatic carbocycles. The number of carbonyl (C=O) groups is 1. The van der Waals surface area contributed by atoms with Gasteiger partial charge in [0.05, 0.1) is 19.2 Å². The number of nitrogens with zero attached hydrogens (tertiary/aromatic N) is 2. The first-order chi connectivity index (χ1) is 11.2. The topological polar surface area (TPSA) is 52.8 Å². The molecule has 5 heteroatoms. The minimum atomic E-state index is -0.521. The minimum absolute atomic E-state index is 0.292. The Kier molecular flexibility index (Phi) is 5.78. The Balaban J connectivity index is 2.00. The number of hydrogen-bond acceptors (Lipinski definition) is 4. The molecule has 1 atom stereocenters. The van der Waals surface area contributed by atoms with Gasteiger partial charge >= 0.3 is 6.09 Å². The molecule has 1 aromatic rings. The quantitative estimate of drug-likeness (QED) is 0.864. The predicted molar refractivity (Wildman–Crippen MR) is 94.6 cm³/mol. The number of aliphatic hydroxyl groups excluding tert-OH is 1. The molecule has 1 aliphatic rings. The molecular formula is C19H29N2O3+. The molecule has 0 radical (unpaired) electrons. The van der Waals surface area contributed by atoms with Crippen LogP contribution in [0.2, 0.25) is 0 Å². The molecule has 0 saturated carbocycles. The summed E-state index contributed by atoms with van der Waals surface area (Å²) in [5.41, 5.74) is 2.52. The molecule has 0 fully saturated rings. The van der Waals surface area contributed by atoms with Crippen molar-refractivity contribution in [2.75, 3.05) is 26.2 Å². The first kappa shape index (κ1) is 18.6. The van der Waals surface area contributed by atoms with Gasteiger partial charge in [0.1, 0.15) is 5.60 Å². The zero-order valence-corrected chi connectivity index (χ0v) is 15.4. The van der Waals surface area contributed by atoms with E-state index in [1.165, 1.54) is 0 Å². The van der Waals surface area contributed by atoms with Crippen LogP contribution in [-0.2, 0) is 4.74 Å². The number of aryl methyl sites for hydroxylation is 1. The number of aliphatic hydroxyl groups is 1. The Labute approximate surface area is 144 Å². The second-order valence-corrected chi connectivity index (χ2v) is 7.47. The Morgan fingerprint density at radius 2 is 2.00 bits per heavy atom. The molecule has 1 heterocycles. The van der Waals surface area contributed by atoms with Gasteiger partial charge in [-0.1, -0.05) is 24.3 Å². The molecule has 1 amide bonds. The summed E-state index contributed by atoms with van der Waals surface area (Å²) in [6.07, 6.45) is -0.814. The van der Waals surface area contributed by atoms with E-state index in [9.17, 15) is 9.90 Å². The van der Waals surface area contributed by atoms with Crippen LogP contribution in [0.1, 0.15) is 44.9 Å². The normalized spacial score (nSPS) is 17.8. The van der Waals surface area contributed by atoms with Crippen molar-refractivity contribution in [2.45, 2.75) is 46.3 Å². The van der Waals surface area contributed by atoms with E-state index in [0.29, 0.717) is 19.6 Å². The molecule has 1 N–H and O–H groups in total. The fourth-order valence-corrected chi connectivity index (χ4v) is 2.94. The molecule has 0 aromatic heterocycles. The number of ether oxygens (including phenoxy) is 1. The standard InChI is InChI=1S/C19H29N2O3/c1-14-8-6-7-9-16(14)17(22)13-20-10-11-21(15(2)12-20)18(23)24-19(3,4)5/h6-9,17,22H,10-13H2,1-5H3/q+1.